The van der Waals surface area contributed by atoms with Crippen LogP contribution < -0.4 is 0 Å². The molecule has 0 aliphatic carbocycles. The molecule has 0 N–H and O–H groups in total. The minimum absolute atomic E-state index is 0.0881. The van der Waals surface area contributed by atoms with Gasteiger partial charge < -0.3 is 0 Å². The fourth-order valence-corrected chi connectivity index (χ4v) is 2.24. The summed E-state index contributed by atoms with van der Waals surface area (Å²) in [6, 6.07) is 8.51. The Balaban J connectivity index is 2.82. The van der Waals surface area contributed by atoms with Gasteiger partial charge in [-0.3, -0.25) is 0 Å². The number of hydrogen-bond donors (Lipinski definition) is 0. The first-order valence-electron chi connectivity index (χ1n) is 4.59. The van der Waals surface area contributed by atoms with Crippen molar-refractivity contribution < 1.29 is 8.42 Å². The van der Waals surface area contributed by atoms with Gasteiger partial charge in [-0.15, -0.1) is 0 Å². The van der Waals surface area contributed by atoms with Crippen LogP contribution in [0.4, 0.5) is 0 Å². The SMILES string of the molecule is CC/C=C\CS(=O)(=O)c1ccccc1. The normalized spacial score (nSPS) is 12.1. The third-order valence-electron chi connectivity index (χ3n) is 1.82. The van der Waals surface area contributed by atoms with Crippen LogP contribution >= 0.6 is 0 Å². The van der Waals surface area contributed by atoms with Gasteiger partial charge >= 0.3 is 0 Å². The lowest BCUT2D eigenvalue weighted by molar-refractivity contribution is 0.599. The highest BCUT2D eigenvalue weighted by molar-refractivity contribution is 7.91. The van der Waals surface area contributed by atoms with Crippen LogP contribution in [0.3, 0.4) is 0 Å². The quantitative estimate of drug-likeness (QED) is 0.715. The maximum absolute atomic E-state index is 11.7. The lowest BCUT2D eigenvalue weighted by Crippen LogP contribution is -2.04. The number of benzene rings is 1. The van der Waals surface area contributed by atoms with Crippen molar-refractivity contribution in [3.8, 4) is 0 Å². The summed E-state index contributed by atoms with van der Waals surface area (Å²) < 4.78 is 23.3. The molecule has 0 saturated carbocycles. The first kappa shape index (κ1) is 11.0. The molecule has 0 fully saturated rings. The molecule has 14 heavy (non-hydrogen) atoms. The van der Waals surface area contributed by atoms with Gasteiger partial charge in [0.1, 0.15) is 0 Å². The van der Waals surface area contributed by atoms with Crippen LogP contribution in [0.1, 0.15) is 13.3 Å². The molecule has 0 heterocycles. The molecule has 0 saturated heterocycles. The van der Waals surface area contributed by atoms with Crippen molar-refractivity contribution in [2.75, 3.05) is 5.75 Å². The first-order valence-corrected chi connectivity index (χ1v) is 6.25. The Morgan fingerprint density at radius 3 is 2.36 bits per heavy atom. The van der Waals surface area contributed by atoms with E-state index in [4.69, 9.17) is 0 Å². The van der Waals surface area contributed by atoms with E-state index in [0.717, 1.165) is 6.42 Å². The van der Waals surface area contributed by atoms with Crippen molar-refractivity contribution in [1.29, 1.82) is 0 Å². The fourth-order valence-electron chi connectivity index (χ4n) is 1.09. The highest BCUT2D eigenvalue weighted by atomic mass is 32.2. The summed E-state index contributed by atoms with van der Waals surface area (Å²) in [5, 5.41) is 0. The Labute approximate surface area is 85.2 Å². The lowest BCUT2D eigenvalue weighted by atomic mass is 10.4. The Morgan fingerprint density at radius 1 is 1.14 bits per heavy atom. The lowest BCUT2D eigenvalue weighted by Gasteiger charge is -1.99. The summed E-state index contributed by atoms with van der Waals surface area (Å²) in [7, 11) is -3.12. The molecule has 0 aromatic heterocycles. The predicted molar refractivity (Wildman–Crippen MR) is 57.9 cm³/mol. The van der Waals surface area contributed by atoms with Gasteiger partial charge in [-0.05, 0) is 18.6 Å². The zero-order valence-electron chi connectivity index (χ0n) is 8.18. The third-order valence-corrected chi connectivity index (χ3v) is 3.44. The fraction of sp³-hybridized carbons (Fsp3) is 0.273. The summed E-state index contributed by atoms with van der Waals surface area (Å²) in [5.74, 6) is 0.0881. The smallest absolute Gasteiger partial charge is 0.181 e. The number of rotatable bonds is 4. The zero-order chi connectivity index (χ0) is 10.4. The van der Waals surface area contributed by atoms with E-state index in [2.05, 4.69) is 0 Å². The Hall–Kier alpha value is -1.09. The molecule has 0 aliphatic heterocycles. The highest BCUT2D eigenvalue weighted by Crippen LogP contribution is 2.09. The van der Waals surface area contributed by atoms with E-state index in [1.807, 2.05) is 13.0 Å². The largest absolute Gasteiger partial charge is 0.223 e. The van der Waals surface area contributed by atoms with Gasteiger partial charge in [-0.25, -0.2) is 8.42 Å². The average molecular weight is 210 g/mol. The van der Waals surface area contributed by atoms with Gasteiger partial charge in [-0.2, -0.15) is 0 Å². The average Bonchev–Trinajstić information content (AvgIpc) is 2.19. The van der Waals surface area contributed by atoms with Gasteiger partial charge in [0.15, 0.2) is 9.84 Å². The maximum Gasteiger partial charge on any atom is 0.181 e. The van der Waals surface area contributed by atoms with E-state index >= 15 is 0 Å². The molecule has 0 atom stereocenters. The van der Waals surface area contributed by atoms with Gasteiger partial charge in [0.05, 0.1) is 10.6 Å². The number of sulfone groups is 1. The Bertz CT molecular complexity index is 391. The second kappa shape index (κ2) is 4.96. The molecule has 76 valence electrons. The number of allylic oxidation sites excluding steroid dienone is 1. The minimum Gasteiger partial charge on any atom is -0.223 e. The van der Waals surface area contributed by atoms with Gasteiger partial charge in [-0.1, -0.05) is 37.3 Å². The maximum atomic E-state index is 11.7. The van der Waals surface area contributed by atoms with E-state index in [-0.39, 0.29) is 5.75 Å². The molecule has 0 bridgehead atoms. The predicted octanol–water partition coefficient (Wildman–Crippen LogP) is 2.43. The van der Waals surface area contributed by atoms with E-state index in [9.17, 15) is 8.42 Å². The van der Waals surface area contributed by atoms with Crippen molar-refractivity contribution >= 4 is 9.84 Å². The van der Waals surface area contributed by atoms with Crippen LogP contribution in [-0.2, 0) is 9.84 Å². The molecular weight excluding hydrogens is 196 g/mol. The van der Waals surface area contributed by atoms with Crippen molar-refractivity contribution in [2.24, 2.45) is 0 Å². The molecule has 1 rings (SSSR count). The highest BCUT2D eigenvalue weighted by Gasteiger charge is 2.10. The molecular formula is C11H14O2S. The van der Waals surface area contributed by atoms with Gasteiger partial charge in [0.25, 0.3) is 0 Å². The third kappa shape index (κ3) is 3.00. The zero-order valence-corrected chi connectivity index (χ0v) is 9.00. The topological polar surface area (TPSA) is 34.1 Å². The van der Waals surface area contributed by atoms with Gasteiger partial charge in [0.2, 0.25) is 0 Å². The second-order valence-electron chi connectivity index (χ2n) is 2.97. The van der Waals surface area contributed by atoms with Crippen LogP contribution in [0, 0.1) is 0 Å². The van der Waals surface area contributed by atoms with E-state index < -0.39 is 9.84 Å². The van der Waals surface area contributed by atoms with Crippen molar-refractivity contribution in [3.63, 3.8) is 0 Å². The standard InChI is InChI=1S/C11H14O2S/c1-2-3-7-10-14(12,13)11-8-5-4-6-9-11/h3-9H,2,10H2,1H3/b7-3-. The molecule has 0 amide bonds. The van der Waals surface area contributed by atoms with Crippen molar-refractivity contribution in [1.82, 2.24) is 0 Å². The minimum atomic E-state index is -3.12. The second-order valence-corrected chi connectivity index (χ2v) is 5.01. The van der Waals surface area contributed by atoms with Gasteiger partial charge in [0, 0.05) is 0 Å². The monoisotopic (exact) mass is 210 g/mol. The van der Waals surface area contributed by atoms with Crippen LogP contribution in [0.15, 0.2) is 47.4 Å². The van der Waals surface area contributed by atoms with E-state index in [1.165, 1.54) is 0 Å². The summed E-state index contributed by atoms with van der Waals surface area (Å²) in [4.78, 5) is 0.390. The molecule has 0 aliphatic rings. The molecule has 0 radical (unpaired) electrons. The van der Waals surface area contributed by atoms with E-state index in [1.54, 1.807) is 36.4 Å². The number of hydrogen-bond acceptors (Lipinski definition) is 2. The Kier molecular flexibility index (Phi) is 3.89. The Morgan fingerprint density at radius 2 is 1.79 bits per heavy atom. The molecule has 1 aromatic carbocycles. The molecule has 0 spiro atoms. The van der Waals surface area contributed by atoms with Crippen molar-refractivity contribution in [3.05, 3.63) is 42.5 Å². The summed E-state index contributed by atoms with van der Waals surface area (Å²) in [5.41, 5.74) is 0. The summed E-state index contributed by atoms with van der Waals surface area (Å²) in [6.07, 6.45) is 4.42. The van der Waals surface area contributed by atoms with Crippen molar-refractivity contribution in [2.45, 2.75) is 18.2 Å². The summed E-state index contributed by atoms with van der Waals surface area (Å²) in [6.45, 7) is 1.98. The van der Waals surface area contributed by atoms with Crippen LogP contribution in [0.5, 0.6) is 0 Å². The first-order chi connectivity index (χ1) is 6.67. The molecule has 3 heteroatoms. The van der Waals surface area contributed by atoms with Crippen LogP contribution in [0.25, 0.3) is 0 Å². The molecule has 1 aromatic rings. The molecule has 2 nitrogen and oxygen atoms in total. The summed E-state index contributed by atoms with van der Waals surface area (Å²) >= 11 is 0. The van der Waals surface area contributed by atoms with E-state index in [0.29, 0.717) is 4.90 Å². The van der Waals surface area contributed by atoms with Crippen LogP contribution in [0.2, 0.25) is 0 Å². The van der Waals surface area contributed by atoms with Crippen LogP contribution in [-0.4, -0.2) is 14.2 Å². The molecule has 0 unspecified atom stereocenters.